The van der Waals surface area contributed by atoms with Gasteiger partial charge in [0.05, 0.1) is 12.3 Å². The third-order valence-electron chi connectivity index (χ3n) is 2.98. The molecule has 5 nitrogen and oxygen atoms in total. The molecule has 102 valence electrons. The van der Waals surface area contributed by atoms with Gasteiger partial charge in [0, 0.05) is 12.2 Å². The quantitative estimate of drug-likeness (QED) is 0.828. The predicted molar refractivity (Wildman–Crippen MR) is 73.6 cm³/mol. The molecule has 6 heteroatoms. The lowest BCUT2D eigenvalue weighted by atomic mass is 10.1. The van der Waals surface area contributed by atoms with E-state index < -0.39 is 21.5 Å². The van der Waals surface area contributed by atoms with Crippen LogP contribution in [0.25, 0.3) is 0 Å². The number of hydrogen-bond acceptors (Lipinski definition) is 4. The third kappa shape index (κ3) is 3.41. The van der Waals surface area contributed by atoms with Crippen LogP contribution in [0.2, 0.25) is 0 Å². The van der Waals surface area contributed by atoms with Crippen molar-refractivity contribution in [3.63, 3.8) is 0 Å². The Morgan fingerprint density at radius 2 is 2.00 bits per heavy atom. The molecule has 0 bridgehead atoms. The van der Waals surface area contributed by atoms with Gasteiger partial charge in [0.25, 0.3) is 5.91 Å². The zero-order chi connectivity index (χ0) is 13.9. The van der Waals surface area contributed by atoms with Crippen molar-refractivity contribution in [2.45, 2.75) is 13.3 Å². The molecule has 0 unspecified atom stereocenters. The Balaban J connectivity index is 2.09. The molecule has 0 spiro atoms. The van der Waals surface area contributed by atoms with E-state index in [0.717, 1.165) is 11.3 Å². The van der Waals surface area contributed by atoms with Gasteiger partial charge in [-0.25, -0.2) is 13.4 Å². The lowest BCUT2D eigenvalue weighted by molar-refractivity contribution is -0.127. The SMILES string of the molecule is CCS(=O)(=O)CC(=O)N1CCC(c2ccccc2)=N1. The van der Waals surface area contributed by atoms with Crippen LogP contribution in [0.3, 0.4) is 0 Å². The zero-order valence-corrected chi connectivity index (χ0v) is 11.6. The molecule has 0 aromatic heterocycles. The van der Waals surface area contributed by atoms with Gasteiger partial charge < -0.3 is 0 Å². The number of rotatable bonds is 4. The summed E-state index contributed by atoms with van der Waals surface area (Å²) >= 11 is 0. The lowest BCUT2D eigenvalue weighted by Gasteiger charge is -2.10. The van der Waals surface area contributed by atoms with Crippen LogP contribution in [0.1, 0.15) is 18.9 Å². The molecule has 1 aromatic carbocycles. The maximum atomic E-state index is 11.8. The Bertz CT molecular complexity index is 594. The maximum absolute atomic E-state index is 11.8. The minimum Gasteiger partial charge on any atom is -0.272 e. The van der Waals surface area contributed by atoms with Gasteiger partial charge >= 0.3 is 0 Å². The second-order valence-electron chi connectivity index (χ2n) is 4.36. The summed E-state index contributed by atoms with van der Waals surface area (Å²) in [5.41, 5.74) is 1.79. The number of hydrazone groups is 1. The first-order valence-electron chi connectivity index (χ1n) is 6.15. The number of nitrogens with zero attached hydrogens (tertiary/aromatic N) is 2. The highest BCUT2D eigenvalue weighted by Gasteiger charge is 2.25. The van der Waals surface area contributed by atoms with Crippen molar-refractivity contribution in [2.24, 2.45) is 5.10 Å². The Hall–Kier alpha value is -1.69. The van der Waals surface area contributed by atoms with E-state index in [1.807, 2.05) is 30.3 Å². The van der Waals surface area contributed by atoms with Crippen LogP contribution in [0, 0.1) is 0 Å². The molecule has 1 aliphatic rings. The highest BCUT2D eigenvalue weighted by Crippen LogP contribution is 2.14. The second kappa shape index (κ2) is 5.52. The van der Waals surface area contributed by atoms with E-state index in [-0.39, 0.29) is 5.75 Å². The summed E-state index contributed by atoms with van der Waals surface area (Å²) in [5.74, 6) is -0.940. The molecule has 0 aliphatic carbocycles. The first kappa shape index (κ1) is 13.7. The fourth-order valence-electron chi connectivity index (χ4n) is 1.84. The van der Waals surface area contributed by atoms with Gasteiger partial charge in [-0.15, -0.1) is 0 Å². The summed E-state index contributed by atoms with van der Waals surface area (Å²) in [6.45, 7) is 1.98. The molecule has 0 radical (unpaired) electrons. The highest BCUT2D eigenvalue weighted by molar-refractivity contribution is 7.92. The van der Waals surface area contributed by atoms with Crippen LogP contribution in [0.4, 0.5) is 0 Å². The summed E-state index contributed by atoms with van der Waals surface area (Å²) in [7, 11) is -3.30. The van der Waals surface area contributed by atoms with Crippen LogP contribution in [0.5, 0.6) is 0 Å². The average molecular weight is 280 g/mol. The highest BCUT2D eigenvalue weighted by atomic mass is 32.2. The molecule has 0 saturated heterocycles. The Morgan fingerprint density at radius 3 is 2.63 bits per heavy atom. The van der Waals surface area contributed by atoms with E-state index in [1.54, 1.807) is 0 Å². The lowest BCUT2D eigenvalue weighted by Crippen LogP contribution is -2.30. The standard InChI is InChI=1S/C13H16N2O3S/c1-2-19(17,18)10-13(16)15-9-8-12(14-15)11-6-4-3-5-7-11/h3-7H,2,8-10H2,1H3. The van der Waals surface area contributed by atoms with Gasteiger partial charge in [0.1, 0.15) is 5.75 Å². The monoisotopic (exact) mass is 280 g/mol. The van der Waals surface area contributed by atoms with Gasteiger partial charge in [-0.3, -0.25) is 4.79 Å². The van der Waals surface area contributed by atoms with Crippen molar-refractivity contribution >= 4 is 21.5 Å². The number of carbonyl (C=O) groups is 1. The van der Waals surface area contributed by atoms with E-state index in [0.29, 0.717) is 13.0 Å². The van der Waals surface area contributed by atoms with Crippen molar-refractivity contribution in [3.05, 3.63) is 35.9 Å². The Labute approximate surface area is 112 Å². The third-order valence-corrected chi connectivity index (χ3v) is 4.55. The molecule has 1 aliphatic heterocycles. The molecule has 19 heavy (non-hydrogen) atoms. The fraction of sp³-hybridized carbons (Fsp3) is 0.385. The Kier molecular flexibility index (Phi) is 3.99. The van der Waals surface area contributed by atoms with Crippen molar-refractivity contribution < 1.29 is 13.2 Å². The molecule has 2 rings (SSSR count). The predicted octanol–water partition coefficient (Wildman–Crippen LogP) is 1.06. The molecular formula is C13H16N2O3S. The van der Waals surface area contributed by atoms with Gasteiger partial charge in [0.2, 0.25) is 0 Å². The van der Waals surface area contributed by atoms with E-state index in [4.69, 9.17) is 0 Å². The van der Waals surface area contributed by atoms with Crippen molar-refractivity contribution in [1.29, 1.82) is 0 Å². The van der Waals surface area contributed by atoms with E-state index in [1.165, 1.54) is 11.9 Å². The first-order valence-corrected chi connectivity index (χ1v) is 7.97. The van der Waals surface area contributed by atoms with Crippen LogP contribution < -0.4 is 0 Å². The van der Waals surface area contributed by atoms with Crippen molar-refractivity contribution in [1.82, 2.24) is 5.01 Å². The largest absolute Gasteiger partial charge is 0.272 e. The molecule has 1 amide bonds. The van der Waals surface area contributed by atoms with Crippen molar-refractivity contribution in [3.8, 4) is 0 Å². The summed E-state index contributed by atoms with van der Waals surface area (Å²) in [4.78, 5) is 11.8. The second-order valence-corrected chi connectivity index (χ2v) is 6.71. The number of hydrogen-bond donors (Lipinski definition) is 0. The van der Waals surface area contributed by atoms with E-state index >= 15 is 0 Å². The smallest absolute Gasteiger partial charge is 0.257 e. The van der Waals surface area contributed by atoms with Gasteiger partial charge in [-0.05, 0) is 5.56 Å². The number of amides is 1. The topological polar surface area (TPSA) is 66.8 Å². The first-order chi connectivity index (χ1) is 9.02. The zero-order valence-electron chi connectivity index (χ0n) is 10.7. The average Bonchev–Trinajstić information content (AvgIpc) is 2.89. The maximum Gasteiger partial charge on any atom is 0.257 e. The summed E-state index contributed by atoms with van der Waals surface area (Å²) in [6.07, 6.45) is 0.655. The molecule has 0 atom stereocenters. The van der Waals surface area contributed by atoms with Crippen molar-refractivity contribution in [2.75, 3.05) is 18.1 Å². The van der Waals surface area contributed by atoms with Gasteiger partial charge in [-0.2, -0.15) is 5.10 Å². The van der Waals surface area contributed by atoms with Crippen LogP contribution >= 0.6 is 0 Å². The number of carbonyl (C=O) groups excluding carboxylic acids is 1. The summed E-state index contributed by atoms with van der Waals surface area (Å²) in [6, 6.07) is 9.58. The molecule has 1 heterocycles. The van der Waals surface area contributed by atoms with Gasteiger partial charge in [-0.1, -0.05) is 37.3 Å². The number of benzene rings is 1. The van der Waals surface area contributed by atoms with Crippen LogP contribution in [-0.4, -0.2) is 43.1 Å². The molecule has 0 saturated carbocycles. The van der Waals surface area contributed by atoms with Gasteiger partial charge in [0.15, 0.2) is 9.84 Å². The van der Waals surface area contributed by atoms with E-state index in [2.05, 4.69) is 5.10 Å². The Morgan fingerprint density at radius 1 is 1.32 bits per heavy atom. The molecule has 0 N–H and O–H groups in total. The summed E-state index contributed by atoms with van der Waals surface area (Å²) in [5, 5.41) is 5.47. The minimum atomic E-state index is -3.30. The van der Waals surface area contributed by atoms with Crippen LogP contribution in [-0.2, 0) is 14.6 Å². The molecular weight excluding hydrogens is 264 g/mol. The van der Waals surface area contributed by atoms with Crippen LogP contribution in [0.15, 0.2) is 35.4 Å². The minimum absolute atomic E-state index is 0.0260. The van der Waals surface area contributed by atoms with E-state index in [9.17, 15) is 13.2 Å². The normalized spacial score (nSPS) is 15.4. The molecule has 1 aromatic rings. The fourth-order valence-corrected chi connectivity index (χ4v) is 2.56. The summed E-state index contributed by atoms with van der Waals surface area (Å²) < 4.78 is 22.8. The number of sulfone groups is 1. The molecule has 0 fully saturated rings.